The zero-order valence-electron chi connectivity index (χ0n) is 34.6. The van der Waals surface area contributed by atoms with Gasteiger partial charge in [0.25, 0.3) is 5.91 Å². The highest BCUT2D eigenvalue weighted by Crippen LogP contribution is 2.42. The fraction of sp³-hybridized carbons (Fsp3) is 0.370. The first-order valence-corrected chi connectivity index (χ1v) is 20.7. The molecule has 318 valence electrons. The summed E-state index contributed by atoms with van der Waals surface area (Å²) < 4.78 is 45.7. The highest BCUT2D eigenvalue weighted by molar-refractivity contribution is 6.03. The SMILES string of the molecule is COc1cc(N2CCN(CCc3ccc(C4CCC(=O)NC4=O)cc3F)CC2)ccc1-c1cc(C2=CCCN(C(=O)CCn3cccn3)C2)c(F)c2cc(C(=O)N(C)C)oc12. The van der Waals surface area contributed by atoms with Gasteiger partial charge in [-0.05, 0) is 66.3 Å². The van der Waals surface area contributed by atoms with E-state index < -0.39 is 17.6 Å². The molecule has 0 saturated carbocycles. The topological polar surface area (TPSA) is 133 Å². The van der Waals surface area contributed by atoms with Crippen LogP contribution >= 0.6 is 0 Å². The van der Waals surface area contributed by atoms with Crippen molar-refractivity contribution >= 4 is 45.9 Å². The van der Waals surface area contributed by atoms with Crippen molar-refractivity contribution in [1.29, 1.82) is 0 Å². The molecule has 2 saturated heterocycles. The van der Waals surface area contributed by atoms with Crippen molar-refractivity contribution < 1.29 is 37.1 Å². The number of aryl methyl sites for hydroxylation is 1. The second kappa shape index (κ2) is 17.7. The van der Waals surface area contributed by atoms with Crippen LogP contribution in [0.1, 0.15) is 58.8 Å². The van der Waals surface area contributed by atoms with Crippen molar-refractivity contribution in [2.24, 2.45) is 0 Å². The maximum absolute atomic E-state index is 16.7. The minimum atomic E-state index is -0.530. The highest BCUT2D eigenvalue weighted by Gasteiger charge is 2.30. The largest absolute Gasteiger partial charge is 0.496 e. The number of nitrogens with zero attached hydrogens (tertiary/aromatic N) is 6. The first-order valence-electron chi connectivity index (χ1n) is 20.7. The molecule has 3 aliphatic heterocycles. The van der Waals surface area contributed by atoms with Crippen LogP contribution in [0.3, 0.4) is 0 Å². The van der Waals surface area contributed by atoms with E-state index in [1.165, 1.54) is 17.0 Å². The van der Waals surface area contributed by atoms with Gasteiger partial charge in [0.05, 0.1) is 18.4 Å². The lowest BCUT2D eigenvalue weighted by Gasteiger charge is -2.36. The van der Waals surface area contributed by atoms with Crippen LogP contribution < -0.4 is 15.0 Å². The third kappa shape index (κ3) is 8.78. The van der Waals surface area contributed by atoms with Crippen molar-refractivity contribution in [2.75, 3.05) is 71.9 Å². The molecule has 8 rings (SSSR count). The van der Waals surface area contributed by atoms with E-state index >= 15 is 8.78 Å². The lowest BCUT2D eigenvalue weighted by atomic mass is 9.89. The van der Waals surface area contributed by atoms with Gasteiger partial charge in [-0.25, -0.2) is 8.78 Å². The molecule has 0 radical (unpaired) electrons. The molecule has 0 bridgehead atoms. The van der Waals surface area contributed by atoms with E-state index in [9.17, 15) is 19.2 Å². The van der Waals surface area contributed by atoms with Gasteiger partial charge in [-0.2, -0.15) is 5.10 Å². The Morgan fingerprint density at radius 3 is 2.51 bits per heavy atom. The standard InChI is InChI=1S/C46H49F2N7O6/c1-51(2)46(59)40-27-37-43(48)35(31-6-4-16-54(28-31)42(57)14-19-55-17-5-15-49-55)26-36(44(37)61-40)34-10-9-32(25-39(34)60-3)53-22-20-52(21-23-53)18-13-29-7-8-30(24-38(29)47)33-11-12-41(56)50-45(33)58/h5-10,15,17,24-27,33H,4,11-14,16,18-23,28H2,1-3H3,(H,50,56,58). The van der Waals surface area contributed by atoms with Crippen molar-refractivity contribution in [3.63, 3.8) is 0 Å². The summed E-state index contributed by atoms with van der Waals surface area (Å²) in [5.41, 5.74) is 4.52. The van der Waals surface area contributed by atoms with Gasteiger partial charge in [0.1, 0.15) is 23.0 Å². The number of aromatic nitrogens is 2. The van der Waals surface area contributed by atoms with Crippen LogP contribution in [-0.2, 0) is 27.3 Å². The monoisotopic (exact) mass is 833 g/mol. The Balaban J connectivity index is 0.988. The van der Waals surface area contributed by atoms with Gasteiger partial charge in [0.2, 0.25) is 17.7 Å². The summed E-state index contributed by atoms with van der Waals surface area (Å²) in [6.07, 6.45) is 7.41. The van der Waals surface area contributed by atoms with E-state index in [0.29, 0.717) is 78.0 Å². The Morgan fingerprint density at radius 1 is 0.967 bits per heavy atom. The number of imide groups is 1. The number of fused-ring (bicyclic) bond motifs is 1. The molecule has 2 fully saturated rings. The van der Waals surface area contributed by atoms with Gasteiger partial charge in [0.15, 0.2) is 5.76 Å². The maximum Gasteiger partial charge on any atom is 0.289 e. The molecular weight excluding hydrogens is 785 g/mol. The van der Waals surface area contributed by atoms with Crippen LogP contribution in [0.15, 0.2) is 77.5 Å². The predicted molar refractivity (Wildman–Crippen MR) is 226 cm³/mol. The van der Waals surface area contributed by atoms with Crippen molar-refractivity contribution in [2.45, 2.75) is 44.6 Å². The lowest BCUT2D eigenvalue weighted by molar-refractivity contribution is -0.134. The number of carbonyl (C=O) groups excluding carboxylic acids is 4. The van der Waals surface area contributed by atoms with E-state index in [0.717, 1.165) is 31.9 Å². The maximum atomic E-state index is 16.7. The fourth-order valence-electron chi connectivity index (χ4n) is 8.49. The van der Waals surface area contributed by atoms with Gasteiger partial charge < -0.3 is 23.9 Å². The number of hydrogen-bond acceptors (Lipinski definition) is 9. The Kier molecular flexibility index (Phi) is 12.0. The number of ether oxygens (including phenoxy) is 1. The van der Waals surface area contributed by atoms with E-state index in [1.54, 1.807) is 55.2 Å². The summed E-state index contributed by atoms with van der Waals surface area (Å²) in [6.45, 7) is 4.84. The van der Waals surface area contributed by atoms with Crippen LogP contribution in [0.25, 0.3) is 27.7 Å². The second-order valence-electron chi connectivity index (χ2n) is 16.0. The van der Waals surface area contributed by atoms with Crippen molar-refractivity contribution in [3.8, 4) is 16.9 Å². The van der Waals surface area contributed by atoms with E-state index in [4.69, 9.17) is 9.15 Å². The van der Waals surface area contributed by atoms with Gasteiger partial charge in [-0.15, -0.1) is 0 Å². The van der Waals surface area contributed by atoms with Gasteiger partial charge >= 0.3 is 0 Å². The summed E-state index contributed by atoms with van der Waals surface area (Å²) in [4.78, 5) is 57.9. The number of halogens is 2. The number of piperidine rings is 1. The molecule has 3 aromatic carbocycles. The molecule has 4 amide bonds. The molecule has 13 nitrogen and oxygen atoms in total. The molecule has 5 heterocycles. The van der Waals surface area contributed by atoms with Crippen LogP contribution in [0, 0.1) is 11.6 Å². The lowest BCUT2D eigenvalue weighted by Crippen LogP contribution is -2.47. The zero-order valence-corrected chi connectivity index (χ0v) is 34.6. The molecule has 1 unspecified atom stereocenters. The van der Waals surface area contributed by atoms with E-state index in [2.05, 4.69) is 20.2 Å². The Bertz CT molecular complexity index is 2510. The number of nitrogens with one attached hydrogen (secondary N) is 1. The average Bonchev–Trinajstić information content (AvgIpc) is 3.97. The molecule has 5 aromatic rings. The van der Waals surface area contributed by atoms with Gasteiger partial charge in [0, 0.05) is 126 Å². The molecule has 2 aromatic heterocycles. The number of piperazine rings is 1. The number of anilines is 1. The third-order valence-electron chi connectivity index (χ3n) is 11.9. The number of methoxy groups -OCH3 is 1. The van der Waals surface area contributed by atoms with E-state index in [-0.39, 0.29) is 59.7 Å². The average molecular weight is 834 g/mol. The van der Waals surface area contributed by atoms with E-state index in [1.807, 2.05) is 36.5 Å². The first kappa shape index (κ1) is 41.4. The van der Waals surface area contributed by atoms with Crippen LogP contribution in [-0.4, -0.2) is 115 Å². The number of furan rings is 1. The number of hydrogen-bond donors (Lipinski definition) is 1. The smallest absolute Gasteiger partial charge is 0.289 e. The summed E-state index contributed by atoms with van der Waals surface area (Å²) >= 11 is 0. The molecule has 3 aliphatic rings. The number of rotatable bonds is 12. The summed E-state index contributed by atoms with van der Waals surface area (Å²) in [5, 5.41) is 6.69. The van der Waals surface area contributed by atoms with Gasteiger partial charge in [-0.1, -0.05) is 18.2 Å². The second-order valence-corrected chi connectivity index (χ2v) is 16.0. The van der Waals surface area contributed by atoms with Crippen LogP contribution in [0.2, 0.25) is 0 Å². The van der Waals surface area contributed by atoms with Gasteiger partial charge in [-0.3, -0.25) is 34.1 Å². The Morgan fingerprint density at radius 2 is 1.79 bits per heavy atom. The molecule has 0 aliphatic carbocycles. The minimum absolute atomic E-state index is 0.00536. The van der Waals surface area contributed by atoms with Crippen molar-refractivity contribution in [3.05, 3.63) is 107 Å². The normalized spacial score (nSPS) is 17.4. The molecular formula is C46H49F2N7O6. The highest BCUT2D eigenvalue weighted by atomic mass is 19.1. The number of carbonyl (C=O) groups is 4. The molecule has 1 atom stereocenters. The van der Waals surface area contributed by atoms with Crippen LogP contribution in [0.4, 0.5) is 14.5 Å². The third-order valence-corrected chi connectivity index (χ3v) is 11.9. The summed E-state index contributed by atoms with van der Waals surface area (Å²) in [7, 11) is 4.80. The number of benzene rings is 3. The van der Waals surface area contributed by atoms with Crippen LogP contribution in [0.5, 0.6) is 5.75 Å². The molecule has 15 heteroatoms. The summed E-state index contributed by atoms with van der Waals surface area (Å²) in [5.74, 6) is -1.98. The van der Waals surface area contributed by atoms with Crippen molar-refractivity contribution in [1.82, 2.24) is 29.8 Å². The fourth-order valence-corrected chi connectivity index (χ4v) is 8.49. The predicted octanol–water partition coefficient (Wildman–Crippen LogP) is 5.88. The quantitative estimate of drug-likeness (QED) is 0.153. The Hall–Kier alpha value is -6.35. The first-order chi connectivity index (χ1) is 29.5. The number of amides is 4. The molecule has 61 heavy (non-hydrogen) atoms. The minimum Gasteiger partial charge on any atom is -0.496 e. The molecule has 0 spiro atoms. The summed E-state index contributed by atoms with van der Waals surface area (Å²) in [6, 6.07) is 15.8. The zero-order chi connectivity index (χ0) is 42.8. The molecule has 1 N–H and O–H groups in total. The Labute approximate surface area is 352 Å².